The first-order valence-electron chi connectivity index (χ1n) is 7.97. The summed E-state index contributed by atoms with van der Waals surface area (Å²) >= 11 is 1.20. The van der Waals surface area contributed by atoms with Crippen molar-refractivity contribution in [1.29, 1.82) is 0 Å². The predicted octanol–water partition coefficient (Wildman–Crippen LogP) is 2.13. The number of hydrogen-bond acceptors (Lipinski definition) is 5. The van der Waals surface area contributed by atoms with E-state index >= 15 is 0 Å². The Morgan fingerprint density at radius 2 is 2.08 bits per heavy atom. The molecule has 6 nitrogen and oxygen atoms in total. The van der Waals surface area contributed by atoms with Crippen molar-refractivity contribution in [3.63, 3.8) is 0 Å². The average molecular weight is 377 g/mol. The Bertz CT molecular complexity index is 825. The van der Waals surface area contributed by atoms with E-state index in [1.54, 1.807) is 40.9 Å². The molecule has 1 amide bonds. The van der Waals surface area contributed by atoms with Gasteiger partial charge < -0.3 is 4.90 Å². The summed E-state index contributed by atoms with van der Waals surface area (Å²) < 4.78 is 27.5. The van der Waals surface area contributed by atoms with Crippen LogP contribution in [0.15, 0.2) is 52.3 Å². The molecule has 0 aliphatic carbocycles. The van der Waals surface area contributed by atoms with Crippen molar-refractivity contribution in [2.75, 3.05) is 13.1 Å². The first-order chi connectivity index (χ1) is 12.0. The van der Waals surface area contributed by atoms with Crippen molar-refractivity contribution in [1.82, 2.24) is 14.6 Å². The van der Waals surface area contributed by atoms with E-state index in [-0.39, 0.29) is 11.9 Å². The number of nitrogens with zero attached hydrogens (tertiary/aromatic N) is 2. The van der Waals surface area contributed by atoms with Gasteiger partial charge in [-0.15, -0.1) is 11.3 Å². The molecule has 2 aromatic rings. The van der Waals surface area contributed by atoms with Gasteiger partial charge in [-0.25, -0.2) is 13.1 Å². The molecule has 132 valence electrons. The first-order valence-corrected chi connectivity index (χ1v) is 10.3. The summed E-state index contributed by atoms with van der Waals surface area (Å²) in [4.78, 5) is 18.0. The smallest absolute Gasteiger partial charge is 0.250 e. The van der Waals surface area contributed by atoms with Crippen LogP contribution >= 0.6 is 11.3 Å². The lowest BCUT2D eigenvalue weighted by atomic mass is 10.1. The Morgan fingerprint density at radius 1 is 1.28 bits per heavy atom. The molecule has 0 saturated carbocycles. The maximum Gasteiger partial charge on any atom is 0.250 e. The van der Waals surface area contributed by atoms with E-state index in [1.165, 1.54) is 17.4 Å². The zero-order chi connectivity index (χ0) is 17.7. The third kappa shape index (κ3) is 4.75. The van der Waals surface area contributed by atoms with Gasteiger partial charge in [-0.05, 0) is 42.0 Å². The molecule has 1 fully saturated rings. The molecule has 1 aliphatic heterocycles. The van der Waals surface area contributed by atoms with Gasteiger partial charge >= 0.3 is 0 Å². The number of carbonyl (C=O) groups excluding carboxylic acids is 1. The van der Waals surface area contributed by atoms with Crippen molar-refractivity contribution in [3.8, 4) is 0 Å². The molecule has 25 heavy (non-hydrogen) atoms. The SMILES string of the molecule is O=C(/C=C/c1cccnc1)N1CCC(NS(=O)(=O)c2cccs2)CC1. The van der Waals surface area contributed by atoms with E-state index in [4.69, 9.17) is 0 Å². The van der Waals surface area contributed by atoms with E-state index in [9.17, 15) is 13.2 Å². The van der Waals surface area contributed by atoms with Crippen molar-refractivity contribution >= 4 is 33.3 Å². The molecule has 0 spiro atoms. The second-order valence-electron chi connectivity index (χ2n) is 5.77. The number of hydrogen-bond donors (Lipinski definition) is 1. The van der Waals surface area contributed by atoms with Gasteiger partial charge in [0.05, 0.1) is 0 Å². The summed E-state index contributed by atoms with van der Waals surface area (Å²) in [6.07, 6.45) is 7.86. The maximum absolute atomic E-state index is 12.2. The molecule has 1 aliphatic rings. The Morgan fingerprint density at radius 3 is 2.72 bits per heavy atom. The minimum atomic E-state index is -3.46. The number of pyridine rings is 1. The highest BCUT2D eigenvalue weighted by Crippen LogP contribution is 2.19. The Kier molecular flexibility index (Phi) is 5.62. The Hall–Kier alpha value is -2.03. The predicted molar refractivity (Wildman–Crippen MR) is 97.5 cm³/mol. The number of sulfonamides is 1. The van der Waals surface area contributed by atoms with Crippen LogP contribution < -0.4 is 4.72 Å². The van der Waals surface area contributed by atoms with Gasteiger partial charge in [0, 0.05) is 37.6 Å². The number of carbonyl (C=O) groups is 1. The molecule has 0 radical (unpaired) electrons. The Balaban J connectivity index is 1.52. The highest BCUT2D eigenvalue weighted by atomic mass is 32.2. The fraction of sp³-hybridized carbons (Fsp3) is 0.294. The summed E-state index contributed by atoms with van der Waals surface area (Å²) in [7, 11) is -3.46. The van der Waals surface area contributed by atoms with Crippen molar-refractivity contribution < 1.29 is 13.2 Å². The van der Waals surface area contributed by atoms with Gasteiger partial charge in [0.15, 0.2) is 0 Å². The summed E-state index contributed by atoms with van der Waals surface area (Å²) in [6, 6.07) is 6.86. The topological polar surface area (TPSA) is 79.4 Å². The van der Waals surface area contributed by atoms with Gasteiger partial charge in [0.2, 0.25) is 15.9 Å². The summed E-state index contributed by atoms with van der Waals surface area (Å²) in [5.74, 6) is -0.0663. The van der Waals surface area contributed by atoms with E-state index in [0.29, 0.717) is 30.1 Å². The summed E-state index contributed by atoms with van der Waals surface area (Å²) in [6.45, 7) is 1.07. The van der Waals surface area contributed by atoms with Crippen LogP contribution in [0.3, 0.4) is 0 Å². The third-order valence-electron chi connectivity index (χ3n) is 3.99. The number of likely N-dealkylation sites (tertiary alicyclic amines) is 1. The van der Waals surface area contributed by atoms with Crippen molar-refractivity contribution in [2.24, 2.45) is 0 Å². The van der Waals surface area contributed by atoms with Crippen LogP contribution in [0, 0.1) is 0 Å². The van der Waals surface area contributed by atoms with E-state index in [1.807, 2.05) is 12.1 Å². The van der Waals surface area contributed by atoms with Crippen molar-refractivity contribution in [2.45, 2.75) is 23.1 Å². The molecule has 0 unspecified atom stereocenters. The number of rotatable bonds is 5. The molecule has 0 bridgehead atoms. The molecule has 1 N–H and O–H groups in total. The Labute approximate surface area is 151 Å². The largest absolute Gasteiger partial charge is 0.339 e. The monoisotopic (exact) mass is 377 g/mol. The standard InChI is InChI=1S/C17H19N3O3S2/c21-16(6-5-14-3-1-9-18-13-14)20-10-7-15(8-11-20)19-25(22,23)17-4-2-12-24-17/h1-6,9,12-13,15,19H,7-8,10-11H2/b6-5+. The molecule has 3 rings (SSSR count). The first kappa shape index (κ1) is 17.8. The van der Waals surface area contributed by atoms with E-state index in [2.05, 4.69) is 9.71 Å². The number of piperidine rings is 1. The van der Waals surface area contributed by atoms with E-state index < -0.39 is 10.0 Å². The van der Waals surface area contributed by atoms with Crippen LogP contribution in [-0.4, -0.2) is 43.3 Å². The lowest BCUT2D eigenvalue weighted by Gasteiger charge is -2.31. The zero-order valence-electron chi connectivity index (χ0n) is 13.5. The molecule has 2 aromatic heterocycles. The number of aromatic nitrogens is 1. The number of amides is 1. The molecule has 8 heteroatoms. The van der Waals surface area contributed by atoms with Gasteiger partial charge in [0.25, 0.3) is 0 Å². The van der Waals surface area contributed by atoms with Crippen LogP contribution in [0.5, 0.6) is 0 Å². The van der Waals surface area contributed by atoms with Gasteiger partial charge in [-0.1, -0.05) is 12.1 Å². The lowest BCUT2D eigenvalue weighted by Crippen LogP contribution is -2.46. The van der Waals surface area contributed by atoms with Crippen LogP contribution in [0.25, 0.3) is 6.08 Å². The van der Waals surface area contributed by atoms with Crippen LogP contribution in [0.1, 0.15) is 18.4 Å². The molecule has 1 saturated heterocycles. The zero-order valence-corrected chi connectivity index (χ0v) is 15.2. The number of nitrogens with one attached hydrogen (secondary N) is 1. The maximum atomic E-state index is 12.2. The van der Waals surface area contributed by atoms with Crippen molar-refractivity contribution in [3.05, 3.63) is 53.7 Å². The summed E-state index contributed by atoms with van der Waals surface area (Å²) in [5, 5.41) is 1.74. The highest BCUT2D eigenvalue weighted by molar-refractivity contribution is 7.91. The second kappa shape index (κ2) is 7.90. The van der Waals surface area contributed by atoms with Crippen LogP contribution in [0.4, 0.5) is 0 Å². The summed E-state index contributed by atoms with van der Waals surface area (Å²) in [5.41, 5.74) is 0.870. The molecular weight excluding hydrogens is 358 g/mol. The molecule has 0 atom stereocenters. The van der Waals surface area contributed by atoms with E-state index in [0.717, 1.165) is 5.56 Å². The molecule has 0 aromatic carbocycles. The van der Waals surface area contributed by atoms with Gasteiger partial charge in [0.1, 0.15) is 4.21 Å². The fourth-order valence-electron chi connectivity index (χ4n) is 2.66. The van der Waals surface area contributed by atoms with Crippen LogP contribution in [0.2, 0.25) is 0 Å². The second-order valence-corrected chi connectivity index (χ2v) is 8.66. The average Bonchev–Trinajstić information content (AvgIpc) is 3.17. The molecule has 3 heterocycles. The van der Waals surface area contributed by atoms with Crippen LogP contribution in [-0.2, 0) is 14.8 Å². The van der Waals surface area contributed by atoms with Gasteiger partial charge in [-0.2, -0.15) is 0 Å². The minimum Gasteiger partial charge on any atom is -0.339 e. The normalized spacial score (nSPS) is 16.4. The highest BCUT2D eigenvalue weighted by Gasteiger charge is 2.26. The fourth-order valence-corrected chi connectivity index (χ4v) is 4.97. The number of thiophene rings is 1. The third-order valence-corrected chi connectivity index (χ3v) is 6.91. The van der Waals surface area contributed by atoms with Gasteiger partial charge in [-0.3, -0.25) is 9.78 Å². The minimum absolute atomic E-state index is 0.0663. The quantitative estimate of drug-likeness (QED) is 0.810. The lowest BCUT2D eigenvalue weighted by molar-refractivity contribution is -0.126. The molecular formula is C17H19N3O3S2.